The quantitative estimate of drug-likeness (QED) is 0.202. The van der Waals surface area contributed by atoms with E-state index in [0.717, 1.165) is 21.0 Å². The normalized spacial score (nSPS) is 17.0. The van der Waals surface area contributed by atoms with Gasteiger partial charge in [0, 0.05) is 21.1 Å². The molecule has 0 saturated carbocycles. The lowest BCUT2D eigenvalue weighted by Gasteiger charge is -2.26. The van der Waals surface area contributed by atoms with E-state index in [1.807, 2.05) is 48.5 Å². The predicted molar refractivity (Wildman–Crippen MR) is 138 cm³/mol. The standard InChI is InChI=1S/C25H22BrN5O2S/c26-18-11-12-22-20(15-18)24-21(29-30-25(27)28)13-17(16-7-3-1-4-8-16)14-23(24)31(22)34(32,33)19-9-5-2-6-10-19/h1-12,15,17H,13-14H2,(H4,27,28,30). The van der Waals surface area contributed by atoms with Crippen molar-refractivity contribution in [2.24, 2.45) is 10.8 Å². The van der Waals surface area contributed by atoms with Gasteiger partial charge >= 0.3 is 0 Å². The summed E-state index contributed by atoms with van der Waals surface area (Å²) in [5.41, 5.74) is 11.9. The third-order valence-electron chi connectivity index (χ3n) is 6.01. The Morgan fingerprint density at radius 2 is 1.71 bits per heavy atom. The number of hydrogen-bond donors (Lipinski definition) is 3. The number of hydrogen-bond acceptors (Lipinski definition) is 4. The van der Waals surface area contributed by atoms with Crippen molar-refractivity contribution in [3.8, 4) is 0 Å². The van der Waals surface area contributed by atoms with Crippen LogP contribution in [0, 0.1) is 5.41 Å². The summed E-state index contributed by atoms with van der Waals surface area (Å²) in [5, 5.41) is 12.8. The van der Waals surface area contributed by atoms with E-state index in [1.54, 1.807) is 30.3 Å². The number of nitrogens with two attached hydrogens (primary N) is 1. The number of benzene rings is 3. The summed E-state index contributed by atoms with van der Waals surface area (Å²) in [4.78, 5) is 0.222. The van der Waals surface area contributed by atoms with E-state index < -0.39 is 10.0 Å². The summed E-state index contributed by atoms with van der Waals surface area (Å²) in [6.45, 7) is 0. The minimum absolute atomic E-state index is 0.0127. The minimum Gasteiger partial charge on any atom is -0.369 e. The van der Waals surface area contributed by atoms with Crippen LogP contribution in [0.1, 0.15) is 29.2 Å². The van der Waals surface area contributed by atoms with E-state index in [9.17, 15) is 8.42 Å². The maximum atomic E-state index is 13.9. The van der Waals surface area contributed by atoms with Gasteiger partial charge in [0.05, 0.1) is 16.1 Å². The molecule has 1 aliphatic rings. The van der Waals surface area contributed by atoms with Crippen molar-refractivity contribution < 1.29 is 8.42 Å². The van der Waals surface area contributed by atoms with Crippen molar-refractivity contribution in [2.75, 3.05) is 0 Å². The highest BCUT2D eigenvalue weighted by molar-refractivity contribution is 9.10. The first kappa shape index (κ1) is 22.4. The highest BCUT2D eigenvalue weighted by Crippen LogP contribution is 2.41. The second-order valence-corrected chi connectivity index (χ2v) is 10.9. The first-order valence-electron chi connectivity index (χ1n) is 10.7. The zero-order valence-electron chi connectivity index (χ0n) is 18.1. The van der Waals surface area contributed by atoms with Crippen LogP contribution < -0.4 is 11.2 Å². The zero-order chi connectivity index (χ0) is 23.9. The summed E-state index contributed by atoms with van der Waals surface area (Å²) in [6.07, 6.45) is 1.10. The monoisotopic (exact) mass is 535 g/mol. The molecule has 1 unspecified atom stereocenters. The molecule has 4 N–H and O–H groups in total. The largest absolute Gasteiger partial charge is 0.369 e. The Labute approximate surface area is 206 Å². The lowest BCUT2D eigenvalue weighted by Crippen LogP contribution is -2.29. The molecule has 34 heavy (non-hydrogen) atoms. The van der Waals surface area contributed by atoms with E-state index >= 15 is 0 Å². The summed E-state index contributed by atoms with van der Waals surface area (Å²) in [6, 6.07) is 24.0. The molecule has 172 valence electrons. The number of hydrazone groups is 1. The molecule has 1 aromatic heterocycles. The van der Waals surface area contributed by atoms with Gasteiger partial charge in [0.1, 0.15) is 0 Å². The summed E-state index contributed by atoms with van der Waals surface area (Å²) >= 11 is 3.53. The predicted octanol–water partition coefficient (Wildman–Crippen LogP) is 4.56. The van der Waals surface area contributed by atoms with Crippen molar-refractivity contribution in [3.05, 3.63) is 100 Å². The number of fused-ring (bicyclic) bond motifs is 3. The number of aromatic nitrogens is 1. The fourth-order valence-electron chi connectivity index (χ4n) is 4.60. The Morgan fingerprint density at radius 3 is 2.38 bits per heavy atom. The van der Waals surface area contributed by atoms with Gasteiger partial charge in [0.15, 0.2) is 0 Å². The molecule has 1 heterocycles. The molecule has 5 rings (SSSR count). The summed E-state index contributed by atoms with van der Waals surface area (Å²) in [5.74, 6) is -0.267. The van der Waals surface area contributed by atoms with Crippen molar-refractivity contribution >= 4 is 48.5 Å². The molecule has 0 amide bonds. The molecule has 0 spiro atoms. The minimum atomic E-state index is -3.88. The fourth-order valence-corrected chi connectivity index (χ4v) is 6.55. The maximum absolute atomic E-state index is 13.9. The fraction of sp³-hybridized carbons (Fsp3) is 0.120. The SMILES string of the molecule is N=C(N)NN=C1CC(c2ccccc2)Cc2c1c1cc(Br)ccc1n2S(=O)(=O)c1ccccc1. The van der Waals surface area contributed by atoms with Gasteiger partial charge in [-0.05, 0) is 54.7 Å². The van der Waals surface area contributed by atoms with Gasteiger partial charge in [-0.2, -0.15) is 5.10 Å². The van der Waals surface area contributed by atoms with Crippen molar-refractivity contribution in [3.63, 3.8) is 0 Å². The smallest absolute Gasteiger partial charge is 0.268 e. The Balaban J connectivity index is 1.82. The van der Waals surface area contributed by atoms with Crippen LogP contribution in [-0.4, -0.2) is 24.1 Å². The van der Waals surface area contributed by atoms with Crippen molar-refractivity contribution in [1.82, 2.24) is 9.40 Å². The van der Waals surface area contributed by atoms with Crippen molar-refractivity contribution in [1.29, 1.82) is 5.41 Å². The Kier molecular flexibility index (Phi) is 5.75. The van der Waals surface area contributed by atoms with E-state index in [1.165, 1.54) is 3.97 Å². The van der Waals surface area contributed by atoms with Gasteiger partial charge in [-0.25, -0.2) is 17.8 Å². The van der Waals surface area contributed by atoms with E-state index in [-0.39, 0.29) is 16.8 Å². The van der Waals surface area contributed by atoms with Crippen molar-refractivity contribution in [2.45, 2.75) is 23.7 Å². The van der Waals surface area contributed by atoms with Crippen LogP contribution in [0.2, 0.25) is 0 Å². The molecule has 0 bridgehead atoms. The van der Waals surface area contributed by atoms with E-state index in [4.69, 9.17) is 11.1 Å². The summed E-state index contributed by atoms with van der Waals surface area (Å²) < 4.78 is 30.1. The molecule has 4 aromatic rings. The van der Waals surface area contributed by atoms with Gasteiger partial charge in [0.2, 0.25) is 5.96 Å². The van der Waals surface area contributed by atoms with Gasteiger partial charge < -0.3 is 5.73 Å². The number of rotatable bonds is 4. The van der Waals surface area contributed by atoms with Gasteiger partial charge in [0.25, 0.3) is 10.0 Å². The molecule has 7 nitrogen and oxygen atoms in total. The molecule has 1 aliphatic carbocycles. The highest BCUT2D eigenvalue weighted by Gasteiger charge is 2.35. The second kappa shape index (κ2) is 8.73. The lowest BCUT2D eigenvalue weighted by atomic mass is 9.81. The molecule has 3 aromatic carbocycles. The van der Waals surface area contributed by atoms with Gasteiger partial charge in [-0.15, -0.1) is 0 Å². The average molecular weight is 536 g/mol. The first-order valence-corrected chi connectivity index (χ1v) is 12.9. The number of guanidine groups is 1. The van der Waals surface area contributed by atoms with Crippen LogP contribution in [0.3, 0.4) is 0 Å². The second-order valence-electron chi connectivity index (χ2n) is 8.17. The van der Waals surface area contributed by atoms with E-state index in [2.05, 4.69) is 26.5 Å². The Hall–Kier alpha value is -3.43. The number of nitrogens with zero attached hydrogens (tertiary/aromatic N) is 2. The third-order valence-corrected chi connectivity index (χ3v) is 8.27. The molecular weight excluding hydrogens is 514 g/mol. The van der Waals surface area contributed by atoms with Crippen LogP contribution in [0.25, 0.3) is 10.9 Å². The van der Waals surface area contributed by atoms with Gasteiger partial charge in [-0.1, -0.05) is 64.5 Å². The average Bonchev–Trinajstić information content (AvgIpc) is 3.17. The topological polar surface area (TPSA) is 113 Å². The maximum Gasteiger partial charge on any atom is 0.268 e. The number of nitrogens with one attached hydrogen (secondary N) is 2. The zero-order valence-corrected chi connectivity index (χ0v) is 20.5. The van der Waals surface area contributed by atoms with Crippen LogP contribution in [0.15, 0.2) is 93.3 Å². The van der Waals surface area contributed by atoms with Crippen LogP contribution in [0.5, 0.6) is 0 Å². The first-order chi connectivity index (χ1) is 16.4. The lowest BCUT2D eigenvalue weighted by molar-refractivity contribution is 0.583. The summed E-state index contributed by atoms with van der Waals surface area (Å²) in [7, 11) is -3.88. The third kappa shape index (κ3) is 3.91. The van der Waals surface area contributed by atoms with Crippen LogP contribution in [-0.2, 0) is 16.4 Å². The van der Waals surface area contributed by atoms with Crippen LogP contribution >= 0.6 is 15.9 Å². The molecule has 9 heteroatoms. The Morgan fingerprint density at radius 1 is 1.03 bits per heavy atom. The molecule has 0 aliphatic heterocycles. The Bertz CT molecular complexity index is 1530. The molecular formula is C25H22BrN5O2S. The molecule has 0 saturated heterocycles. The van der Waals surface area contributed by atoms with E-state index in [0.29, 0.717) is 29.8 Å². The van der Waals surface area contributed by atoms with Crippen LogP contribution in [0.4, 0.5) is 0 Å². The molecule has 0 fully saturated rings. The number of halogens is 1. The highest BCUT2D eigenvalue weighted by atomic mass is 79.9. The molecule has 0 radical (unpaired) electrons. The van der Waals surface area contributed by atoms with Gasteiger partial charge in [-0.3, -0.25) is 5.41 Å². The molecule has 1 atom stereocenters.